The number of thiazole rings is 1. The molecule has 0 amide bonds. The molecule has 2 rings (SSSR count). The van der Waals surface area contributed by atoms with Gasteiger partial charge in [-0.05, 0) is 37.9 Å². The number of hydrogen-bond donors (Lipinski definition) is 1. The van der Waals surface area contributed by atoms with Crippen molar-refractivity contribution in [2.75, 3.05) is 19.6 Å². The average molecular weight is 280 g/mol. The molecule has 19 heavy (non-hydrogen) atoms. The highest BCUT2D eigenvalue weighted by atomic mass is 32.1. The van der Waals surface area contributed by atoms with E-state index in [2.05, 4.69) is 16.8 Å². The zero-order chi connectivity index (χ0) is 13.7. The first-order chi connectivity index (χ1) is 9.13. The molecule has 0 aliphatic carbocycles. The fraction of sp³-hybridized carbons (Fsp3) is 0.571. The number of rotatable bonds is 5. The van der Waals surface area contributed by atoms with Crippen LogP contribution >= 0.6 is 11.3 Å². The van der Waals surface area contributed by atoms with Crippen molar-refractivity contribution in [2.24, 2.45) is 5.92 Å². The molecule has 2 heterocycles. The van der Waals surface area contributed by atoms with Gasteiger partial charge >= 0.3 is 5.97 Å². The maximum absolute atomic E-state index is 10.4. The number of likely N-dealkylation sites (tertiary alicyclic amines) is 1. The normalized spacial score (nSPS) is 18.2. The molecule has 0 spiro atoms. The molecule has 1 saturated heterocycles. The summed E-state index contributed by atoms with van der Waals surface area (Å²) in [6.45, 7) is 5.76. The van der Waals surface area contributed by atoms with E-state index in [0.29, 0.717) is 0 Å². The molecule has 4 nitrogen and oxygen atoms in total. The van der Waals surface area contributed by atoms with Crippen molar-refractivity contribution in [2.45, 2.75) is 26.2 Å². The second-order valence-electron chi connectivity index (χ2n) is 5.10. The lowest BCUT2D eigenvalue weighted by Crippen LogP contribution is -2.34. The van der Waals surface area contributed by atoms with Gasteiger partial charge in [0, 0.05) is 30.1 Å². The SMILES string of the molecule is CC1CCN(CCc2ncc(/C=C/C(=O)O)s2)CC1. The number of aromatic nitrogens is 1. The van der Waals surface area contributed by atoms with Crippen molar-refractivity contribution in [1.82, 2.24) is 9.88 Å². The number of aliphatic carboxylic acids is 1. The zero-order valence-electron chi connectivity index (χ0n) is 11.2. The highest BCUT2D eigenvalue weighted by molar-refractivity contribution is 7.12. The molecule has 0 radical (unpaired) electrons. The number of piperidine rings is 1. The Morgan fingerprint density at radius 3 is 3.00 bits per heavy atom. The maximum Gasteiger partial charge on any atom is 0.328 e. The van der Waals surface area contributed by atoms with Crippen molar-refractivity contribution in [3.05, 3.63) is 22.2 Å². The Morgan fingerprint density at radius 1 is 1.58 bits per heavy atom. The first-order valence-electron chi connectivity index (χ1n) is 6.71. The van der Waals surface area contributed by atoms with Gasteiger partial charge in [0.15, 0.2) is 0 Å². The second kappa shape index (κ2) is 6.82. The molecule has 1 aromatic heterocycles. The van der Waals surface area contributed by atoms with Crippen molar-refractivity contribution in [3.8, 4) is 0 Å². The van der Waals surface area contributed by atoms with Gasteiger partial charge in [-0.15, -0.1) is 11.3 Å². The summed E-state index contributed by atoms with van der Waals surface area (Å²) in [5.74, 6) is -0.0544. The quantitative estimate of drug-likeness (QED) is 0.842. The van der Waals surface area contributed by atoms with Crippen LogP contribution in [-0.2, 0) is 11.2 Å². The van der Waals surface area contributed by atoms with Crippen LogP contribution < -0.4 is 0 Å². The van der Waals surface area contributed by atoms with E-state index in [9.17, 15) is 4.79 Å². The fourth-order valence-electron chi connectivity index (χ4n) is 2.21. The third-order valence-corrected chi connectivity index (χ3v) is 4.50. The van der Waals surface area contributed by atoms with Crippen LogP contribution in [0.25, 0.3) is 6.08 Å². The molecule has 1 fully saturated rings. The van der Waals surface area contributed by atoms with Crippen LogP contribution in [0.15, 0.2) is 12.3 Å². The highest BCUT2D eigenvalue weighted by Crippen LogP contribution is 2.18. The summed E-state index contributed by atoms with van der Waals surface area (Å²) in [4.78, 5) is 18.2. The van der Waals surface area contributed by atoms with Gasteiger partial charge in [-0.3, -0.25) is 0 Å². The summed E-state index contributed by atoms with van der Waals surface area (Å²) in [5.41, 5.74) is 0. The van der Waals surface area contributed by atoms with Gasteiger partial charge in [-0.25, -0.2) is 9.78 Å². The summed E-state index contributed by atoms with van der Waals surface area (Å²) >= 11 is 1.58. The smallest absolute Gasteiger partial charge is 0.328 e. The predicted octanol–water partition coefficient (Wildman–Crippen LogP) is 2.52. The number of carboxylic acids is 1. The molecule has 0 unspecified atom stereocenters. The van der Waals surface area contributed by atoms with E-state index in [0.717, 1.165) is 34.8 Å². The molecule has 0 atom stereocenters. The second-order valence-corrected chi connectivity index (χ2v) is 6.25. The lowest BCUT2D eigenvalue weighted by atomic mass is 9.99. The van der Waals surface area contributed by atoms with Gasteiger partial charge in [-0.1, -0.05) is 6.92 Å². The van der Waals surface area contributed by atoms with E-state index < -0.39 is 5.97 Å². The molecule has 0 saturated carbocycles. The Hall–Kier alpha value is -1.20. The van der Waals surface area contributed by atoms with Crippen LogP contribution in [0.1, 0.15) is 29.7 Å². The van der Waals surface area contributed by atoms with Crippen LogP contribution in [0, 0.1) is 5.92 Å². The standard InChI is InChI=1S/C14H20N2O2S/c1-11-4-7-16(8-5-11)9-6-13-15-10-12(19-13)2-3-14(17)18/h2-3,10-11H,4-9H2,1H3,(H,17,18)/b3-2+. The van der Waals surface area contributed by atoms with Crippen molar-refractivity contribution in [1.29, 1.82) is 0 Å². The molecule has 1 aromatic rings. The molecule has 0 bridgehead atoms. The summed E-state index contributed by atoms with van der Waals surface area (Å²) in [6, 6.07) is 0. The van der Waals surface area contributed by atoms with E-state index in [-0.39, 0.29) is 0 Å². The molecular formula is C14H20N2O2S. The van der Waals surface area contributed by atoms with E-state index in [1.807, 2.05) is 0 Å². The lowest BCUT2D eigenvalue weighted by molar-refractivity contribution is -0.131. The summed E-state index contributed by atoms with van der Waals surface area (Å²) in [5, 5.41) is 9.65. The lowest BCUT2D eigenvalue weighted by Gasteiger charge is -2.29. The van der Waals surface area contributed by atoms with Gasteiger partial charge in [0.2, 0.25) is 0 Å². The number of nitrogens with zero attached hydrogens (tertiary/aromatic N) is 2. The van der Waals surface area contributed by atoms with Crippen LogP contribution in [-0.4, -0.2) is 40.6 Å². The minimum atomic E-state index is -0.919. The van der Waals surface area contributed by atoms with Gasteiger partial charge in [-0.2, -0.15) is 0 Å². The maximum atomic E-state index is 10.4. The first-order valence-corrected chi connectivity index (χ1v) is 7.53. The molecule has 1 aliphatic rings. The van der Waals surface area contributed by atoms with Crippen LogP contribution in [0.5, 0.6) is 0 Å². The summed E-state index contributed by atoms with van der Waals surface area (Å²) in [7, 11) is 0. The first kappa shape index (κ1) is 14.2. The Balaban J connectivity index is 1.78. The monoisotopic (exact) mass is 280 g/mol. The molecule has 5 heteroatoms. The van der Waals surface area contributed by atoms with Crippen LogP contribution in [0.3, 0.4) is 0 Å². The molecule has 0 aromatic carbocycles. The topological polar surface area (TPSA) is 53.4 Å². The Bertz CT molecular complexity index is 448. The van der Waals surface area contributed by atoms with Crippen LogP contribution in [0.4, 0.5) is 0 Å². The summed E-state index contributed by atoms with van der Waals surface area (Å²) < 4.78 is 0. The molecule has 1 aliphatic heterocycles. The highest BCUT2D eigenvalue weighted by Gasteiger charge is 2.15. The zero-order valence-corrected chi connectivity index (χ0v) is 12.0. The van der Waals surface area contributed by atoms with Crippen molar-refractivity contribution < 1.29 is 9.90 Å². The molecule has 104 valence electrons. The number of carbonyl (C=O) groups is 1. The van der Waals surface area contributed by atoms with Gasteiger partial charge in [0.25, 0.3) is 0 Å². The summed E-state index contributed by atoms with van der Waals surface area (Å²) in [6.07, 6.45) is 8.06. The Kier molecular flexibility index (Phi) is 5.10. The van der Waals surface area contributed by atoms with Crippen LogP contribution in [0.2, 0.25) is 0 Å². The number of carboxylic acid groups (broad SMARTS) is 1. The van der Waals surface area contributed by atoms with E-state index >= 15 is 0 Å². The van der Waals surface area contributed by atoms with E-state index in [1.165, 1.54) is 25.9 Å². The van der Waals surface area contributed by atoms with E-state index in [1.54, 1.807) is 23.6 Å². The molecule has 1 N–H and O–H groups in total. The van der Waals surface area contributed by atoms with Gasteiger partial charge in [0.05, 0.1) is 5.01 Å². The molecular weight excluding hydrogens is 260 g/mol. The largest absolute Gasteiger partial charge is 0.478 e. The average Bonchev–Trinajstić information content (AvgIpc) is 2.84. The fourth-order valence-corrected chi connectivity index (χ4v) is 3.02. The van der Waals surface area contributed by atoms with E-state index in [4.69, 9.17) is 5.11 Å². The van der Waals surface area contributed by atoms with Crippen molar-refractivity contribution in [3.63, 3.8) is 0 Å². The van der Waals surface area contributed by atoms with Gasteiger partial charge in [0.1, 0.15) is 0 Å². The predicted molar refractivity (Wildman–Crippen MR) is 77.3 cm³/mol. The Labute approximate surface area is 117 Å². The minimum absolute atomic E-state index is 0.865. The minimum Gasteiger partial charge on any atom is -0.478 e. The Morgan fingerprint density at radius 2 is 2.32 bits per heavy atom. The number of hydrogen-bond acceptors (Lipinski definition) is 4. The van der Waals surface area contributed by atoms with Crippen molar-refractivity contribution >= 4 is 23.4 Å². The third kappa shape index (κ3) is 4.76. The third-order valence-electron chi connectivity index (χ3n) is 3.48. The van der Waals surface area contributed by atoms with Gasteiger partial charge < -0.3 is 10.0 Å².